The molecule has 1 heterocycles. The summed E-state index contributed by atoms with van der Waals surface area (Å²) in [7, 11) is 1.60. The molecule has 2 aromatic rings. The van der Waals surface area contributed by atoms with Crippen molar-refractivity contribution in [3.8, 4) is 23.1 Å². The first-order valence-corrected chi connectivity index (χ1v) is 9.85. The number of benzene rings is 1. The van der Waals surface area contributed by atoms with Crippen LogP contribution in [0.1, 0.15) is 18.4 Å². The van der Waals surface area contributed by atoms with E-state index in [9.17, 15) is 4.39 Å². The zero-order chi connectivity index (χ0) is 22.3. The lowest BCUT2D eigenvalue weighted by molar-refractivity contribution is 0.208. The molecule has 0 aliphatic heterocycles. The highest BCUT2D eigenvalue weighted by molar-refractivity contribution is 5.82. The summed E-state index contributed by atoms with van der Waals surface area (Å²) in [5.74, 6) is -0.0801. The van der Waals surface area contributed by atoms with Crippen LogP contribution in [0.25, 0.3) is 11.3 Å². The molecule has 0 atom stereocenters. The van der Waals surface area contributed by atoms with Crippen molar-refractivity contribution in [2.75, 3.05) is 32.2 Å². The summed E-state index contributed by atoms with van der Waals surface area (Å²) in [5, 5.41) is 12.1. The van der Waals surface area contributed by atoms with Crippen LogP contribution in [0.15, 0.2) is 41.3 Å². The number of rotatable bonds is 10. The number of hydrogen-bond acceptors (Lipinski definition) is 8. The Kier molecular flexibility index (Phi) is 7.15. The number of nitrogens with one attached hydrogen (secondary N) is 1. The Hall–Kier alpha value is -3.51. The lowest BCUT2D eigenvalue weighted by Gasteiger charge is -2.12. The molecule has 0 radical (unpaired) electrons. The summed E-state index contributed by atoms with van der Waals surface area (Å²) >= 11 is 0. The van der Waals surface area contributed by atoms with E-state index in [-0.39, 0.29) is 12.4 Å². The molecule has 3 rings (SSSR count). The largest absolute Gasteiger partial charge is 0.489 e. The van der Waals surface area contributed by atoms with E-state index < -0.39 is 11.2 Å². The molecule has 0 bridgehead atoms. The molecule has 162 valence electrons. The molecule has 3 N–H and O–H groups in total. The molecule has 0 unspecified atom stereocenters. The molecule has 1 aromatic heterocycles. The van der Waals surface area contributed by atoms with Crippen LogP contribution in [0.4, 0.5) is 10.3 Å². The molecular weight excluding hydrogens is 399 g/mol. The Labute approximate surface area is 180 Å². The number of anilines is 1. The van der Waals surface area contributed by atoms with E-state index >= 15 is 0 Å². The normalized spacial score (nSPS) is 15.0. The summed E-state index contributed by atoms with van der Waals surface area (Å²) in [4.78, 5) is 12.9. The smallest absolute Gasteiger partial charge is 0.227 e. The van der Waals surface area contributed by atoms with Gasteiger partial charge in [0.1, 0.15) is 6.61 Å². The Morgan fingerprint density at radius 1 is 1.45 bits per heavy atom. The molecule has 31 heavy (non-hydrogen) atoms. The van der Waals surface area contributed by atoms with Gasteiger partial charge in [-0.05, 0) is 43.5 Å². The monoisotopic (exact) mass is 424 g/mol. The summed E-state index contributed by atoms with van der Waals surface area (Å²) in [6, 6.07) is 6.89. The van der Waals surface area contributed by atoms with Gasteiger partial charge in [-0.1, -0.05) is 0 Å². The number of nitrogens with two attached hydrogens (primary N) is 1. The topological polar surface area (TPSA) is 118 Å². The summed E-state index contributed by atoms with van der Waals surface area (Å²) in [6.45, 7) is 3.04. The molecule has 1 saturated carbocycles. The SMILES string of the molecule is COCCN=CC(=CN)Nc1ncc(C)c(-c2ccc(OCC3(C#N)CC3)c(F)c2)n1. The van der Waals surface area contributed by atoms with E-state index in [1.807, 2.05) is 6.92 Å². The van der Waals surface area contributed by atoms with Gasteiger partial charge in [-0.3, -0.25) is 4.99 Å². The first kappa shape index (κ1) is 22.2. The molecule has 1 aliphatic carbocycles. The van der Waals surface area contributed by atoms with Crippen molar-refractivity contribution in [2.45, 2.75) is 19.8 Å². The minimum atomic E-state index is -0.508. The minimum Gasteiger partial charge on any atom is -0.489 e. The number of allylic oxidation sites excluding steroid dienone is 1. The third-order valence-corrected chi connectivity index (χ3v) is 4.86. The number of ether oxygens (including phenoxy) is 2. The van der Waals surface area contributed by atoms with Crippen LogP contribution >= 0.6 is 0 Å². The van der Waals surface area contributed by atoms with Gasteiger partial charge in [-0.15, -0.1) is 0 Å². The fraction of sp³-hybridized carbons (Fsp3) is 0.364. The number of nitrogens with zero attached hydrogens (tertiary/aromatic N) is 4. The summed E-state index contributed by atoms with van der Waals surface area (Å²) in [5.41, 5.74) is 7.64. The van der Waals surface area contributed by atoms with Crippen molar-refractivity contribution < 1.29 is 13.9 Å². The second-order valence-corrected chi connectivity index (χ2v) is 7.33. The Bertz CT molecular complexity index is 1030. The maximum absolute atomic E-state index is 14.6. The number of aryl methyl sites for hydroxylation is 1. The summed E-state index contributed by atoms with van der Waals surface area (Å²) < 4.78 is 25.1. The van der Waals surface area contributed by atoms with Crippen LogP contribution in [-0.2, 0) is 4.74 Å². The number of aliphatic imine (C=N–C) groups is 1. The predicted octanol–water partition coefficient (Wildman–Crippen LogP) is 3.20. The fourth-order valence-electron chi connectivity index (χ4n) is 2.77. The van der Waals surface area contributed by atoms with E-state index in [4.69, 9.17) is 20.5 Å². The highest BCUT2D eigenvalue weighted by Crippen LogP contribution is 2.45. The predicted molar refractivity (Wildman–Crippen MR) is 116 cm³/mol. The average Bonchev–Trinajstić information content (AvgIpc) is 3.56. The van der Waals surface area contributed by atoms with Crippen molar-refractivity contribution >= 4 is 12.2 Å². The van der Waals surface area contributed by atoms with Crippen LogP contribution in [0.5, 0.6) is 5.75 Å². The van der Waals surface area contributed by atoms with Crippen LogP contribution in [-0.4, -0.2) is 43.1 Å². The maximum atomic E-state index is 14.6. The first-order valence-electron chi connectivity index (χ1n) is 9.85. The van der Waals surface area contributed by atoms with Gasteiger partial charge in [0.2, 0.25) is 5.95 Å². The average molecular weight is 424 g/mol. The molecule has 1 aliphatic rings. The van der Waals surface area contributed by atoms with Gasteiger partial charge in [-0.2, -0.15) is 5.26 Å². The Morgan fingerprint density at radius 2 is 2.26 bits per heavy atom. The molecule has 1 fully saturated rings. The zero-order valence-corrected chi connectivity index (χ0v) is 17.6. The lowest BCUT2D eigenvalue weighted by Crippen LogP contribution is -2.11. The number of halogens is 1. The molecule has 8 nitrogen and oxygen atoms in total. The van der Waals surface area contributed by atoms with E-state index in [1.54, 1.807) is 31.7 Å². The number of methoxy groups -OCH3 is 1. The second kappa shape index (κ2) is 10.00. The van der Waals surface area contributed by atoms with Crippen molar-refractivity contribution in [3.05, 3.63) is 47.7 Å². The Morgan fingerprint density at radius 3 is 2.90 bits per heavy atom. The third kappa shape index (κ3) is 5.77. The van der Waals surface area contributed by atoms with Gasteiger partial charge < -0.3 is 20.5 Å². The molecule has 0 spiro atoms. The van der Waals surface area contributed by atoms with Gasteiger partial charge in [0.05, 0.1) is 36.0 Å². The number of hydrogen-bond donors (Lipinski definition) is 2. The fourth-order valence-corrected chi connectivity index (χ4v) is 2.77. The van der Waals surface area contributed by atoms with E-state index in [2.05, 4.69) is 26.3 Å². The first-order chi connectivity index (χ1) is 15.0. The van der Waals surface area contributed by atoms with E-state index in [0.717, 1.165) is 18.4 Å². The van der Waals surface area contributed by atoms with Gasteiger partial charge in [0, 0.05) is 31.3 Å². The maximum Gasteiger partial charge on any atom is 0.227 e. The lowest BCUT2D eigenvalue weighted by atomic mass is 10.1. The standard InChI is InChI=1S/C22H25FN6O2/c1-15-11-27-21(28-17(10-24)12-26-7-8-30-2)29-20(15)16-3-4-19(18(23)9-16)31-14-22(13-25)5-6-22/h3-4,9-12H,5-8,14,24H2,1-2H3,(H,27,28,29). The second-order valence-electron chi connectivity index (χ2n) is 7.33. The van der Waals surface area contributed by atoms with Crippen LogP contribution in [0.3, 0.4) is 0 Å². The molecule has 0 amide bonds. The van der Waals surface area contributed by atoms with Gasteiger partial charge in [0.15, 0.2) is 11.6 Å². The molecular formula is C22H25FN6O2. The van der Waals surface area contributed by atoms with Crippen molar-refractivity contribution in [1.82, 2.24) is 9.97 Å². The van der Waals surface area contributed by atoms with Gasteiger partial charge in [-0.25, -0.2) is 14.4 Å². The Balaban J connectivity index is 1.74. The van der Waals surface area contributed by atoms with Crippen LogP contribution in [0, 0.1) is 29.5 Å². The molecule has 0 saturated heterocycles. The zero-order valence-electron chi connectivity index (χ0n) is 17.6. The number of nitriles is 1. The van der Waals surface area contributed by atoms with Crippen molar-refractivity contribution in [1.29, 1.82) is 5.26 Å². The highest BCUT2D eigenvalue weighted by Gasteiger charge is 2.44. The summed E-state index contributed by atoms with van der Waals surface area (Å²) in [6.07, 6.45) is 6.15. The molecule has 9 heteroatoms. The van der Waals surface area contributed by atoms with Gasteiger partial charge >= 0.3 is 0 Å². The van der Waals surface area contributed by atoms with Gasteiger partial charge in [0.25, 0.3) is 0 Å². The van der Waals surface area contributed by atoms with Crippen molar-refractivity contribution in [3.63, 3.8) is 0 Å². The highest BCUT2D eigenvalue weighted by atomic mass is 19.1. The van der Waals surface area contributed by atoms with Crippen LogP contribution in [0.2, 0.25) is 0 Å². The van der Waals surface area contributed by atoms with Crippen LogP contribution < -0.4 is 15.8 Å². The van der Waals surface area contributed by atoms with E-state index in [1.165, 1.54) is 12.3 Å². The van der Waals surface area contributed by atoms with Crippen molar-refractivity contribution in [2.24, 2.45) is 16.1 Å². The molecule has 1 aromatic carbocycles. The third-order valence-electron chi connectivity index (χ3n) is 4.86. The number of aromatic nitrogens is 2. The quantitative estimate of drug-likeness (QED) is 0.444. The minimum absolute atomic E-state index is 0.121. The van der Waals surface area contributed by atoms with E-state index in [0.29, 0.717) is 36.1 Å².